The summed E-state index contributed by atoms with van der Waals surface area (Å²) in [5, 5.41) is 12.8. The molecule has 0 aliphatic carbocycles. The molecule has 8 aromatic carbocycles. The molecule has 8 rings (SSSR count). The minimum absolute atomic E-state index is 0.0220. The Bertz CT molecular complexity index is 2290. The zero-order chi connectivity index (χ0) is 41.6. The van der Waals surface area contributed by atoms with Gasteiger partial charge in [-0.1, -0.05) is 266 Å². The molecule has 0 aliphatic heterocycles. The minimum atomic E-state index is -2.21. The average molecular weight is 855 g/mol. The van der Waals surface area contributed by atoms with E-state index in [4.69, 9.17) is 23.6 Å². The summed E-state index contributed by atoms with van der Waals surface area (Å²) < 4.78 is 0. The molecule has 0 aromatic heterocycles. The van der Waals surface area contributed by atoms with Gasteiger partial charge >= 0.3 is 0 Å². The van der Waals surface area contributed by atoms with Crippen molar-refractivity contribution in [1.29, 1.82) is 0 Å². The first-order chi connectivity index (χ1) is 29.4. The Morgan fingerprint density at radius 1 is 0.283 bits per heavy atom. The van der Waals surface area contributed by atoms with Crippen LogP contribution in [0, 0.1) is 0 Å². The van der Waals surface area contributed by atoms with E-state index in [9.17, 15) is 0 Å². The van der Waals surface area contributed by atoms with Gasteiger partial charge in [-0.3, -0.25) is 10.6 Å². The van der Waals surface area contributed by atoms with Gasteiger partial charge in [0.25, 0.3) is 0 Å². The Kier molecular flexibility index (Phi) is 15.1. The van der Waals surface area contributed by atoms with Crippen LogP contribution in [0.5, 0.6) is 0 Å². The van der Waals surface area contributed by atoms with Gasteiger partial charge in [-0.25, -0.2) is 0 Å². The summed E-state index contributed by atoms with van der Waals surface area (Å²) in [6, 6.07) is 81.0. The normalized spacial score (nSPS) is 13.5. The van der Waals surface area contributed by atoms with Crippen molar-refractivity contribution in [3.63, 3.8) is 0 Å². The summed E-state index contributed by atoms with van der Waals surface area (Å²) in [6.07, 6.45) is 0. The largest absolute Gasteiger partial charge is 0.299 e. The molecule has 2 nitrogen and oxygen atoms in total. The van der Waals surface area contributed by atoms with Crippen molar-refractivity contribution in [2.45, 2.75) is 37.5 Å². The second kappa shape index (κ2) is 21.0. The Morgan fingerprint density at radius 3 is 0.683 bits per heavy atom. The molecule has 0 radical (unpaired) electrons. The molecular weight excluding hydrogens is 803 g/mol. The van der Waals surface area contributed by atoms with E-state index in [2.05, 4.69) is 267 Å². The molecule has 0 heterocycles. The van der Waals surface area contributed by atoms with Crippen molar-refractivity contribution in [3.05, 3.63) is 265 Å². The van der Waals surface area contributed by atoms with Gasteiger partial charge in [0.1, 0.15) is 0 Å². The van der Waals surface area contributed by atoms with E-state index in [0.29, 0.717) is 0 Å². The maximum absolute atomic E-state index is 6.66. The molecular formula is C54H52N2P2S2. The smallest absolute Gasteiger partial charge is 0.0698 e. The highest BCUT2D eigenvalue weighted by Gasteiger charge is 2.35. The summed E-state index contributed by atoms with van der Waals surface area (Å²) >= 11 is 13.3. The molecule has 2 N–H and O–H groups in total. The van der Waals surface area contributed by atoms with Crippen LogP contribution in [0.2, 0.25) is 0 Å². The minimum Gasteiger partial charge on any atom is -0.299 e. The van der Waals surface area contributed by atoms with E-state index in [1.807, 2.05) is 0 Å². The van der Waals surface area contributed by atoms with Crippen molar-refractivity contribution in [3.8, 4) is 0 Å². The van der Waals surface area contributed by atoms with Crippen LogP contribution in [-0.2, 0) is 23.6 Å². The van der Waals surface area contributed by atoms with E-state index in [1.54, 1.807) is 0 Å². The Labute approximate surface area is 367 Å². The lowest BCUT2D eigenvalue weighted by Crippen LogP contribution is -2.32. The van der Waals surface area contributed by atoms with Crippen molar-refractivity contribution in [2.24, 2.45) is 0 Å². The molecule has 0 spiro atoms. The summed E-state index contributed by atoms with van der Waals surface area (Å²) in [5.41, 5.74) is 5.00. The highest BCUT2D eigenvalue weighted by molar-refractivity contribution is 8.22. The van der Waals surface area contributed by atoms with Gasteiger partial charge in [-0.05, 0) is 57.3 Å². The molecule has 8 aromatic rings. The van der Waals surface area contributed by atoms with Gasteiger partial charge in [0.15, 0.2) is 0 Å². The van der Waals surface area contributed by atoms with Gasteiger partial charge in [0.2, 0.25) is 0 Å². The molecule has 0 unspecified atom stereocenters. The maximum Gasteiger partial charge on any atom is 0.0698 e. The van der Waals surface area contributed by atoms with Gasteiger partial charge < -0.3 is 0 Å². The predicted octanol–water partition coefficient (Wildman–Crippen LogP) is 12.3. The first-order valence-corrected chi connectivity index (χ1v) is 26.3. The first-order valence-electron chi connectivity index (χ1n) is 20.5. The van der Waals surface area contributed by atoms with Crippen LogP contribution < -0.4 is 31.9 Å². The number of rotatable bonds is 14. The van der Waals surface area contributed by atoms with Crippen LogP contribution >= 0.6 is 12.1 Å². The molecule has 0 aliphatic rings. The van der Waals surface area contributed by atoms with Crippen LogP contribution in [0.25, 0.3) is 0 Å². The fourth-order valence-corrected chi connectivity index (χ4v) is 16.6. The monoisotopic (exact) mass is 854 g/mol. The van der Waals surface area contributed by atoms with E-state index in [-0.39, 0.29) is 23.6 Å². The van der Waals surface area contributed by atoms with E-state index >= 15 is 0 Å². The highest BCUT2D eigenvalue weighted by Crippen LogP contribution is 2.58. The van der Waals surface area contributed by atoms with Crippen LogP contribution in [0.15, 0.2) is 243 Å². The van der Waals surface area contributed by atoms with E-state index in [0.717, 1.165) is 0 Å². The summed E-state index contributed by atoms with van der Waals surface area (Å²) in [5.74, 6) is 0.0439. The fraction of sp³-hybridized carbons (Fsp3) is 0.111. The van der Waals surface area contributed by atoms with Crippen molar-refractivity contribution >= 4 is 56.9 Å². The van der Waals surface area contributed by atoms with Crippen molar-refractivity contribution in [1.82, 2.24) is 10.6 Å². The van der Waals surface area contributed by atoms with Gasteiger partial charge in [-0.15, -0.1) is 0 Å². The van der Waals surface area contributed by atoms with Crippen molar-refractivity contribution in [2.75, 3.05) is 0 Å². The summed E-state index contributed by atoms with van der Waals surface area (Å²) in [4.78, 5) is 0. The lowest BCUT2D eigenvalue weighted by atomic mass is 10.1. The highest BCUT2D eigenvalue weighted by atomic mass is 32.4. The lowest BCUT2D eigenvalue weighted by molar-refractivity contribution is 0.561. The maximum atomic E-state index is 6.66. The Morgan fingerprint density at radius 2 is 0.467 bits per heavy atom. The third kappa shape index (κ3) is 10.1. The van der Waals surface area contributed by atoms with Gasteiger partial charge in [0.05, 0.1) is 11.6 Å². The molecule has 60 heavy (non-hydrogen) atoms. The van der Waals surface area contributed by atoms with Crippen LogP contribution in [0.3, 0.4) is 0 Å². The third-order valence-corrected chi connectivity index (χ3v) is 21.3. The topological polar surface area (TPSA) is 24.1 Å². The summed E-state index contributed by atoms with van der Waals surface area (Å²) in [7, 11) is 0. The Balaban J connectivity index is 0.000000181. The second-order valence-corrected chi connectivity index (χ2v) is 24.1. The van der Waals surface area contributed by atoms with Crippen LogP contribution in [-0.4, -0.2) is 0 Å². The molecule has 0 saturated carbocycles. The number of hydrogen-bond acceptors (Lipinski definition) is 4. The quantitative estimate of drug-likeness (QED) is 0.106. The molecule has 0 fully saturated rings. The zero-order valence-corrected chi connectivity index (χ0v) is 37.5. The first kappa shape index (κ1) is 43.1. The molecule has 4 atom stereocenters. The Hall–Kier alpha value is -5.02. The standard InChI is InChI=1S/2C27H26NPS/c2*1-22(23-14-6-2-7-15-23)28-27(24-16-8-3-9-17-24)29(30,25-18-10-4-11-19-25)26-20-12-5-13-21-26/h2*2-22,27-28H,1H3/t22-,27+;22-,27-/m00/s1. The van der Waals surface area contributed by atoms with Crippen LogP contribution in [0.1, 0.15) is 59.8 Å². The van der Waals surface area contributed by atoms with E-state index in [1.165, 1.54) is 43.5 Å². The lowest BCUT2D eigenvalue weighted by Gasteiger charge is -2.35. The SMILES string of the molecule is C[C@H](N[C@@H](c1ccccc1)P(=S)(c1ccccc1)c1ccccc1)c1ccccc1.C[C@H](N[C@H](c1ccccc1)P(=S)(c1ccccc1)c1ccccc1)c1ccccc1. The number of benzene rings is 8. The average Bonchev–Trinajstić information content (AvgIpc) is 3.34. The van der Waals surface area contributed by atoms with Crippen molar-refractivity contribution < 1.29 is 0 Å². The third-order valence-electron chi connectivity index (χ3n) is 10.9. The summed E-state index contributed by atoms with van der Waals surface area (Å²) in [6.45, 7) is 4.45. The fourth-order valence-electron chi connectivity index (χ4n) is 7.73. The zero-order valence-electron chi connectivity index (χ0n) is 34.1. The van der Waals surface area contributed by atoms with Crippen LogP contribution in [0.4, 0.5) is 0 Å². The number of hydrogen-bond donors (Lipinski definition) is 2. The molecule has 0 bridgehead atoms. The van der Waals surface area contributed by atoms with Gasteiger partial charge in [-0.2, -0.15) is 0 Å². The van der Waals surface area contributed by atoms with E-state index < -0.39 is 12.1 Å². The second-order valence-electron chi connectivity index (χ2n) is 14.9. The molecule has 0 saturated heterocycles. The molecule has 300 valence electrons. The number of nitrogens with one attached hydrogen (secondary N) is 2. The molecule has 0 amide bonds. The molecule has 6 heteroatoms. The van der Waals surface area contributed by atoms with Gasteiger partial charge in [0, 0.05) is 24.2 Å². The predicted molar refractivity (Wildman–Crippen MR) is 267 cm³/mol.